The van der Waals surface area contributed by atoms with Gasteiger partial charge in [-0.2, -0.15) is 4.31 Å². The van der Waals surface area contributed by atoms with Crippen molar-refractivity contribution in [2.75, 3.05) is 24.6 Å². The molecule has 0 unspecified atom stereocenters. The van der Waals surface area contributed by atoms with Gasteiger partial charge in [-0.3, -0.25) is 0 Å². The number of hydrogen-bond acceptors (Lipinski definition) is 5. The van der Waals surface area contributed by atoms with Crippen molar-refractivity contribution in [1.29, 1.82) is 0 Å². The highest BCUT2D eigenvalue weighted by Crippen LogP contribution is 2.23. The van der Waals surface area contributed by atoms with Crippen LogP contribution in [0.3, 0.4) is 0 Å². The minimum absolute atomic E-state index is 0.0218. The van der Waals surface area contributed by atoms with Crippen LogP contribution in [0.15, 0.2) is 17.2 Å². The van der Waals surface area contributed by atoms with Crippen LogP contribution in [0.4, 0.5) is 0 Å². The highest BCUT2D eigenvalue weighted by Gasteiger charge is 2.32. The third-order valence-corrected chi connectivity index (χ3v) is 7.04. The summed E-state index contributed by atoms with van der Waals surface area (Å²) in [5.74, 6) is -0.298. The minimum Gasteiger partial charge on any atom is -0.390 e. The first-order valence-corrected chi connectivity index (χ1v) is 9.96. The molecule has 1 aliphatic rings. The molecule has 1 fully saturated rings. The number of aromatic nitrogens is 1. The lowest BCUT2D eigenvalue weighted by Gasteiger charge is -2.25. The maximum absolute atomic E-state index is 12.5. The van der Waals surface area contributed by atoms with Crippen molar-refractivity contribution in [3.63, 3.8) is 0 Å². The molecule has 0 spiro atoms. The first kappa shape index (κ1) is 16.5. The summed E-state index contributed by atoms with van der Waals surface area (Å²) in [6.45, 7) is 3.49. The van der Waals surface area contributed by atoms with Gasteiger partial charge in [-0.1, -0.05) is 0 Å². The molecule has 1 saturated heterocycles. The van der Waals surface area contributed by atoms with E-state index >= 15 is 0 Å². The van der Waals surface area contributed by atoms with Gasteiger partial charge < -0.3 is 9.67 Å². The Morgan fingerprint density at radius 2 is 1.86 bits per heavy atom. The maximum atomic E-state index is 12.5. The van der Waals surface area contributed by atoms with Crippen molar-refractivity contribution in [2.24, 2.45) is 0 Å². The van der Waals surface area contributed by atoms with Gasteiger partial charge in [0, 0.05) is 31.0 Å². The lowest BCUT2D eigenvalue weighted by Crippen LogP contribution is -2.43. The van der Waals surface area contributed by atoms with Gasteiger partial charge in [-0.15, -0.1) is 0 Å². The van der Waals surface area contributed by atoms with E-state index in [-0.39, 0.29) is 42.1 Å². The number of nitrogens with zero attached hydrogens (tertiary/aromatic N) is 2. The highest BCUT2D eigenvalue weighted by atomic mass is 32.2. The smallest absolute Gasteiger partial charge is 0.244 e. The monoisotopic (exact) mass is 336 g/mol. The van der Waals surface area contributed by atoms with Gasteiger partial charge in [-0.25, -0.2) is 16.8 Å². The molecule has 21 heavy (non-hydrogen) atoms. The molecule has 0 saturated carbocycles. The molecular weight excluding hydrogens is 316 g/mol. The van der Waals surface area contributed by atoms with Crippen LogP contribution in [-0.2, 0) is 26.5 Å². The van der Waals surface area contributed by atoms with E-state index in [0.29, 0.717) is 5.69 Å². The van der Waals surface area contributed by atoms with E-state index in [2.05, 4.69) is 0 Å². The topological polar surface area (TPSA) is 96.7 Å². The quantitative estimate of drug-likeness (QED) is 0.833. The van der Waals surface area contributed by atoms with Crippen LogP contribution in [0.5, 0.6) is 0 Å². The average molecular weight is 336 g/mol. The van der Waals surface area contributed by atoms with Crippen LogP contribution in [0, 0.1) is 0 Å². The SMILES string of the molecule is CC(C)n1cc(S(=O)(=O)N2CCS(=O)(=O)CC2)cc1CO. The third-order valence-electron chi connectivity index (χ3n) is 3.57. The van der Waals surface area contributed by atoms with Crippen LogP contribution in [0.2, 0.25) is 0 Å². The first-order valence-electron chi connectivity index (χ1n) is 6.69. The second kappa shape index (κ2) is 5.71. The Labute approximate surface area is 125 Å². The summed E-state index contributed by atoms with van der Waals surface area (Å²) in [5.41, 5.74) is 0.521. The molecule has 0 aliphatic carbocycles. The molecule has 0 atom stereocenters. The molecule has 120 valence electrons. The zero-order chi connectivity index (χ0) is 15.8. The Morgan fingerprint density at radius 1 is 1.29 bits per heavy atom. The fourth-order valence-electron chi connectivity index (χ4n) is 2.33. The van der Waals surface area contributed by atoms with Crippen molar-refractivity contribution < 1.29 is 21.9 Å². The lowest BCUT2D eigenvalue weighted by molar-refractivity contribution is 0.268. The molecule has 2 heterocycles. The van der Waals surface area contributed by atoms with Crippen molar-refractivity contribution >= 4 is 19.9 Å². The molecule has 0 radical (unpaired) electrons. The molecule has 1 aliphatic heterocycles. The average Bonchev–Trinajstić information content (AvgIpc) is 2.83. The largest absolute Gasteiger partial charge is 0.390 e. The number of rotatable bonds is 4. The Balaban J connectivity index is 2.32. The van der Waals surface area contributed by atoms with Crippen molar-refractivity contribution in [3.8, 4) is 0 Å². The minimum atomic E-state index is -3.72. The van der Waals surface area contributed by atoms with Crippen LogP contribution >= 0.6 is 0 Å². The van der Waals surface area contributed by atoms with E-state index in [1.54, 1.807) is 4.57 Å². The van der Waals surface area contributed by atoms with Gasteiger partial charge in [0.15, 0.2) is 9.84 Å². The summed E-state index contributed by atoms with van der Waals surface area (Å²) in [6, 6.07) is 1.47. The standard InChI is InChI=1S/C12H20N2O5S2/c1-10(2)14-8-12(7-11(14)9-15)21(18,19)13-3-5-20(16,17)6-4-13/h7-8,10,15H,3-6,9H2,1-2H3. The molecule has 1 N–H and O–H groups in total. The summed E-state index contributed by atoms with van der Waals surface area (Å²) in [4.78, 5) is 0.0968. The van der Waals surface area contributed by atoms with E-state index in [1.165, 1.54) is 16.6 Å². The number of sulfonamides is 1. The molecule has 0 aromatic carbocycles. The second-order valence-corrected chi connectivity index (χ2v) is 9.62. The van der Waals surface area contributed by atoms with Gasteiger partial charge in [-0.05, 0) is 19.9 Å². The molecular formula is C12H20N2O5S2. The van der Waals surface area contributed by atoms with Gasteiger partial charge in [0.25, 0.3) is 0 Å². The van der Waals surface area contributed by atoms with E-state index in [0.717, 1.165) is 0 Å². The fraction of sp³-hybridized carbons (Fsp3) is 0.667. The maximum Gasteiger partial charge on any atom is 0.244 e. The van der Waals surface area contributed by atoms with Crippen LogP contribution < -0.4 is 0 Å². The summed E-state index contributed by atoms with van der Waals surface area (Å²) in [7, 11) is -6.85. The Hall–Kier alpha value is -0.900. The molecule has 0 bridgehead atoms. The number of hydrogen-bond donors (Lipinski definition) is 1. The predicted molar refractivity (Wildman–Crippen MR) is 78.2 cm³/mol. The molecule has 0 amide bonds. The normalized spacial score (nSPS) is 20.0. The van der Waals surface area contributed by atoms with Gasteiger partial charge >= 0.3 is 0 Å². The summed E-state index contributed by atoms with van der Waals surface area (Å²) in [6.07, 6.45) is 1.49. The second-order valence-electron chi connectivity index (χ2n) is 5.38. The van der Waals surface area contributed by atoms with E-state index in [4.69, 9.17) is 0 Å². The summed E-state index contributed by atoms with van der Waals surface area (Å²) < 4.78 is 50.8. The van der Waals surface area contributed by atoms with Crippen molar-refractivity contribution in [1.82, 2.24) is 8.87 Å². The fourth-order valence-corrected chi connectivity index (χ4v) is 5.26. The van der Waals surface area contributed by atoms with Crippen LogP contribution in [0.25, 0.3) is 0 Å². The Kier molecular flexibility index (Phi) is 4.48. The van der Waals surface area contributed by atoms with Crippen LogP contribution in [-0.4, -0.2) is 55.4 Å². The van der Waals surface area contributed by atoms with Crippen molar-refractivity contribution in [2.45, 2.75) is 31.4 Å². The predicted octanol–water partition coefficient (Wildman–Crippen LogP) is -0.0196. The highest BCUT2D eigenvalue weighted by molar-refractivity contribution is 7.92. The number of aliphatic hydroxyl groups is 1. The molecule has 7 nitrogen and oxygen atoms in total. The summed E-state index contributed by atoms with van der Waals surface area (Å²) >= 11 is 0. The molecule has 2 rings (SSSR count). The third kappa shape index (κ3) is 3.31. The van der Waals surface area contributed by atoms with E-state index in [9.17, 15) is 21.9 Å². The van der Waals surface area contributed by atoms with Crippen LogP contribution in [0.1, 0.15) is 25.6 Å². The van der Waals surface area contributed by atoms with Gasteiger partial charge in [0.1, 0.15) is 4.90 Å². The Bertz CT molecular complexity index is 705. The molecule has 9 heteroatoms. The lowest BCUT2D eigenvalue weighted by atomic mass is 10.3. The number of sulfone groups is 1. The summed E-state index contributed by atoms with van der Waals surface area (Å²) in [5, 5.41) is 9.32. The van der Waals surface area contributed by atoms with Crippen molar-refractivity contribution in [3.05, 3.63) is 18.0 Å². The zero-order valence-electron chi connectivity index (χ0n) is 12.1. The number of aliphatic hydroxyl groups excluding tert-OH is 1. The molecule has 1 aromatic heterocycles. The van der Waals surface area contributed by atoms with Gasteiger partial charge in [0.2, 0.25) is 10.0 Å². The Morgan fingerprint density at radius 3 is 2.29 bits per heavy atom. The zero-order valence-corrected chi connectivity index (χ0v) is 13.7. The van der Waals surface area contributed by atoms with Gasteiger partial charge in [0.05, 0.1) is 18.1 Å². The van der Waals surface area contributed by atoms with E-state index < -0.39 is 19.9 Å². The first-order chi connectivity index (χ1) is 9.67. The van der Waals surface area contributed by atoms with E-state index in [1.807, 2.05) is 13.8 Å². The molecule has 1 aromatic rings.